The summed E-state index contributed by atoms with van der Waals surface area (Å²) in [5.41, 5.74) is 1.39. The Labute approximate surface area is 132 Å². The van der Waals surface area contributed by atoms with Crippen LogP contribution in [0.1, 0.15) is 41.0 Å². The number of hydrogen-bond acceptors (Lipinski definition) is 5. The smallest absolute Gasteiger partial charge is 0.159 e. The van der Waals surface area contributed by atoms with Gasteiger partial charge in [-0.1, -0.05) is 11.6 Å². The maximum Gasteiger partial charge on any atom is 0.159 e. The molecule has 0 bridgehead atoms. The van der Waals surface area contributed by atoms with Gasteiger partial charge in [0.15, 0.2) is 5.78 Å². The van der Waals surface area contributed by atoms with E-state index < -0.39 is 0 Å². The van der Waals surface area contributed by atoms with Crippen LogP contribution in [-0.2, 0) is 11.3 Å². The number of ether oxygens (including phenoxy) is 2. The molecule has 1 heterocycles. The standard InChI is InChI=1S/C15H16ClNO3S/c1-9(18)11-4-5-14(13(16)6-11)20-7-12-8-21-15(17-12)10(2)19-3/h4-6,8,10H,7H2,1-3H3/t10-/m0/s1. The van der Waals surface area contributed by atoms with Crippen molar-refractivity contribution in [3.63, 3.8) is 0 Å². The molecule has 1 aromatic carbocycles. The number of carbonyl (C=O) groups is 1. The quantitative estimate of drug-likeness (QED) is 0.743. The first-order chi connectivity index (χ1) is 10.0. The van der Waals surface area contributed by atoms with Gasteiger partial charge in [0, 0.05) is 18.1 Å². The summed E-state index contributed by atoms with van der Waals surface area (Å²) in [6.45, 7) is 3.77. The lowest BCUT2D eigenvalue weighted by Gasteiger charge is -2.07. The number of thiazole rings is 1. The van der Waals surface area contributed by atoms with Gasteiger partial charge < -0.3 is 9.47 Å². The van der Waals surface area contributed by atoms with Crippen molar-refractivity contribution >= 4 is 28.7 Å². The molecule has 0 N–H and O–H groups in total. The average molecular weight is 326 g/mol. The molecule has 0 aliphatic rings. The zero-order chi connectivity index (χ0) is 15.4. The van der Waals surface area contributed by atoms with Crippen molar-refractivity contribution in [2.24, 2.45) is 0 Å². The molecule has 0 spiro atoms. The van der Waals surface area contributed by atoms with Crippen LogP contribution in [0.15, 0.2) is 23.6 Å². The number of Topliss-reactive ketones (excluding diaryl/α,β-unsaturated/α-hetero) is 1. The van der Waals surface area contributed by atoms with Gasteiger partial charge in [-0.15, -0.1) is 11.3 Å². The van der Waals surface area contributed by atoms with Crippen LogP contribution in [0.2, 0.25) is 5.02 Å². The van der Waals surface area contributed by atoms with Gasteiger partial charge in [0.1, 0.15) is 23.5 Å². The Hall–Kier alpha value is -1.43. The zero-order valence-corrected chi connectivity index (χ0v) is 13.6. The highest BCUT2D eigenvalue weighted by Gasteiger charge is 2.11. The number of carbonyl (C=O) groups excluding carboxylic acids is 1. The summed E-state index contributed by atoms with van der Waals surface area (Å²) in [5, 5.41) is 3.26. The predicted molar refractivity (Wildman–Crippen MR) is 83.3 cm³/mol. The van der Waals surface area contributed by atoms with E-state index >= 15 is 0 Å². The van der Waals surface area contributed by atoms with E-state index in [0.717, 1.165) is 10.7 Å². The molecule has 0 aliphatic heterocycles. The molecule has 4 nitrogen and oxygen atoms in total. The van der Waals surface area contributed by atoms with Crippen LogP contribution < -0.4 is 4.74 Å². The molecule has 0 unspecified atom stereocenters. The summed E-state index contributed by atoms with van der Waals surface area (Å²) in [5.74, 6) is 0.511. The summed E-state index contributed by atoms with van der Waals surface area (Å²) >= 11 is 7.64. The zero-order valence-electron chi connectivity index (χ0n) is 12.1. The summed E-state index contributed by atoms with van der Waals surface area (Å²) in [4.78, 5) is 15.7. The summed E-state index contributed by atoms with van der Waals surface area (Å²) < 4.78 is 10.9. The Morgan fingerprint density at radius 1 is 1.48 bits per heavy atom. The second-order valence-electron chi connectivity index (χ2n) is 4.55. The van der Waals surface area contributed by atoms with Crippen molar-refractivity contribution in [3.8, 4) is 5.75 Å². The molecule has 112 valence electrons. The topological polar surface area (TPSA) is 48.4 Å². The van der Waals surface area contributed by atoms with E-state index in [1.54, 1.807) is 25.3 Å². The molecule has 1 aromatic heterocycles. The molecule has 0 amide bonds. The monoisotopic (exact) mass is 325 g/mol. The number of nitrogens with zero attached hydrogens (tertiary/aromatic N) is 1. The third-order valence-electron chi connectivity index (χ3n) is 2.98. The Bertz CT molecular complexity index is 642. The molecular weight excluding hydrogens is 310 g/mol. The molecule has 0 aliphatic carbocycles. The number of benzene rings is 1. The lowest BCUT2D eigenvalue weighted by molar-refractivity contribution is 0.101. The van der Waals surface area contributed by atoms with Crippen molar-refractivity contribution < 1.29 is 14.3 Å². The fourth-order valence-electron chi connectivity index (χ4n) is 1.67. The SMILES string of the molecule is CO[C@@H](C)c1nc(COc2ccc(C(C)=O)cc2Cl)cs1. The van der Waals surface area contributed by atoms with Crippen LogP contribution in [0.5, 0.6) is 5.75 Å². The fraction of sp³-hybridized carbons (Fsp3) is 0.333. The van der Waals surface area contributed by atoms with Crippen molar-refractivity contribution in [2.75, 3.05) is 7.11 Å². The molecule has 0 saturated carbocycles. The lowest BCUT2D eigenvalue weighted by Crippen LogP contribution is -2.00. The van der Waals surface area contributed by atoms with Gasteiger partial charge in [-0.3, -0.25) is 4.79 Å². The van der Waals surface area contributed by atoms with Crippen LogP contribution >= 0.6 is 22.9 Å². The van der Waals surface area contributed by atoms with E-state index in [-0.39, 0.29) is 11.9 Å². The molecule has 2 rings (SSSR count). The summed E-state index contributed by atoms with van der Waals surface area (Å²) in [6.07, 6.45) is -0.0258. The normalized spacial score (nSPS) is 12.2. The average Bonchev–Trinajstić information content (AvgIpc) is 2.93. The second-order valence-corrected chi connectivity index (χ2v) is 5.84. The fourth-order valence-corrected chi connectivity index (χ4v) is 2.74. The molecule has 0 saturated heterocycles. The maximum atomic E-state index is 11.3. The lowest BCUT2D eigenvalue weighted by atomic mass is 10.1. The van der Waals surface area contributed by atoms with Gasteiger partial charge in [-0.05, 0) is 32.0 Å². The molecule has 0 fully saturated rings. The van der Waals surface area contributed by atoms with Crippen molar-refractivity contribution in [3.05, 3.63) is 44.9 Å². The molecule has 2 aromatic rings. The minimum absolute atomic E-state index is 0.0258. The Morgan fingerprint density at radius 3 is 2.86 bits per heavy atom. The number of methoxy groups -OCH3 is 1. The first-order valence-corrected chi connectivity index (χ1v) is 7.67. The molecule has 1 atom stereocenters. The van der Waals surface area contributed by atoms with E-state index in [9.17, 15) is 4.79 Å². The minimum atomic E-state index is -0.0267. The molecular formula is C15H16ClNO3S. The van der Waals surface area contributed by atoms with Crippen LogP contribution in [0, 0.1) is 0 Å². The highest BCUT2D eigenvalue weighted by Crippen LogP contribution is 2.27. The highest BCUT2D eigenvalue weighted by molar-refractivity contribution is 7.09. The van der Waals surface area contributed by atoms with E-state index in [1.165, 1.54) is 18.3 Å². The van der Waals surface area contributed by atoms with E-state index in [0.29, 0.717) is 22.9 Å². The maximum absolute atomic E-state index is 11.3. The van der Waals surface area contributed by atoms with Gasteiger partial charge in [0.25, 0.3) is 0 Å². The number of aromatic nitrogens is 1. The van der Waals surface area contributed by atoms with Crippen molar-refractivity contribution in [2.45, 2.75) is 26.6 Å². The van der Waals surface area contributed by atoms with E-state index in [2.05, 4.69) is 4.98 Å². The molecule has 6 heteroatoms. The van der Waals surface area contributed by atoms with Crippen LogP contribution in [0.25, 0.3) is 0 Å². The highest BCUT2D eigenvalue weighted by atomic mass is 35.5. The Kier molecular flexibility index (Phi) is 5.33. The third kappa shape index (κ3) is 4.03. The Morgan fingerprint density at radius 2 is 2.24 bits per heavy atom. The number of ketones is 1. The van der Waals surface area contributed by atoms with E-state index in [4.69, 9.17) is 21.1 Å². The van der Waals surface area contributed by atoms with Gasteiger partial charge in [-0.25, -0.2) is 4.98 Å². The predicted octanol–water partition coefficient (Wildman–Crippen LogP) is 4.29. The van der Waals surface area contributed by atoms with Crippen LogP contribution in [0.3, 0.4) is 0 Å². The second kappa shape index (κ2) is 7.02. The summed E-state index contributed by atoms with van der Waals surface area (Å²) in [7, 11) is 1.65. The first-order valence-electron chi connectivity index (χ1n) is 6.41. The van der Waals surface area contributed by atoms with Gasteiger partial charge in [-0.2, -0.15) is 0 Å². The van der Waals surface area contributed by atoms with Gasteiger partial charge in [0.2, 0.25) is 0 Å². The number of halogens is 1. The third-order valence-corrected chi connectivity index (χ3v) is 4.33. The van der Waals surface area contributed by atoms with Crippen LogP contribution in [0.4, 0.5) is 0 Å². The largest absolute Gasteiger partial charge is 0.486 e. The Balaban J connectivity index is 2.03. The first kappa shape index (κ1) is 15.9. The molecule has 21 heavy (non-hydrogen) atoms. The number of hydrogen-bond donors (Lipinski definition) is 0. The number of rotatable bonds is 6. The van der Waals surface area contributed by atoms with Gasteiger partial charge >= 0.3 is 0 Å². The van der Waals surface area contributed by atoms with Crippen LogP contribution in [-0.4, -0.2) is 17.9 Å². The van der Waals surface area contributed by atoms with Gasteiger partial charge in [0.05, 0.1) is 10.7 Å². The van der Waals surface area contributed by atoms with E-state index in [1.807, 2.05) is 12.3 Å². The van der Waals surface area contributed by atoms with Crippen molar-refractivity contribution in [1.29, 1.82) is 0 Å². The van der Waals surface area contributed by atoms with Crippen molar-refractivity contribution in [1.82, 2.24) is 4.98 Å². The molecule has 0 radical (unpaired) electrons. The minimum Gasteiger partial charge on any atom is -0.486 e. The summed E-state index contributed by atoms with van der Waals surface area (Å²) in [6, 6.07) is 5.01.